The third-order valence-electron chi connectivity index (χ3n) is 5.27. The molecule has 0 aromatic heterocycles. The summed E-state index contributed by atoms with van der Waals surface area (Å²) < 4.78 is 0. The average molecular weight is 248 g/mol. The fourth-order valence-corrected chi connectivity index (χ4v) is 3.47. The highest BCUT2D eigenvalue weighted by molar-refractivity contribution is 4.98. The lowest BCUT2D eigenvalue weighted by Crippen LogP contribution is -2.13. The second-order valence-corrected chi connectivity index (χ2v) is 7.23. The predicted octanol–water partition coefficient (Wildman–Crippen LogP) is 5.83. The lowest BCUT2D eigenvalue weighted by molar-refractivity contribution is 0.355. The Kier molecular flexibility index (Phi) is 5.33. The first-order chi connectivity index (χ1) is 8.66. The van der Waals surface area contributed by atoms with Crippen LogP contribution in [-0.2, 0) is 0 Å². The molecule has 0 spiro atoms. The van der Waals surface area contributed by atoms with Gasteiger partial charge in [-0.05, 0) is 61.7 Å². The molecule has 2 aliphatic carbocycles. The Hall–Kier alpha value is -0.260. The first-order valence-corrected chi connectivity index (χ1v) is 8.35. The van der Waals surface area contributed by atoms with Crippen molar-refractivity contribution in [2.24, 2.45) is 29.6 Å². The third kappa shape index (κ3) is 4.44. The molecule has 0 aromatic carbocycles. The summed E-state index contributed by atoms with van der Waals surface area (Å²) in [6, 6.07) is 0. The van der Waals surface area contributed by atoms with E-state index in [4.69, 9.17) is 0 Å². The summed E-state index contributed by atoms with van der Waals surface area (Å²) in [7, 11) is 0. The monoisotopic (exact) mass is 248 g/mol. The number of unbranched alkanes of at least 4 members (excludes halogenated alkanes) is 1. The predicted molar refractivity (Wildman–Crippen MR) is 80.5 cm³/mol. The molecule has 2 aliphatic rings. The minimum Gasteiger partial charge on any atom is -0.0851 e. The van der Waals surface area contributed by atoms with E-state index in [2.05, 4.69) is 32.9 Å². The maximum atomic E-state index is 2.53. The normalized spacial score (nSPS) is 29.8. The number of hydrogen-bond donors (Lipinski definition) is 0. The van der Waals surface area contributed by atoms with Crippen LogP contribution in [0.15, 0.2) is 12.2 Å². The lowest BCUT2D eigenvalue weighted by Gasteiger charge is -2.25. The van der Waals surface area contributed by atoms with Crippen LogP contribution in [-0.4, -0.2) is 0 Å². The van der Waals surface area contributed by atoms with Gasteiger partial charge in [-0.25, -0.2) is 0 Å². The van der Waals surface area contributed by atoms with E-state index in [1.807, 2.05) is 0 Å². The van der Waals surface area contributed by atoms with Crippen molar-refractivity contribution in [2.45, 2.75) is 72.1 Å². The molecule has 0 aliphatic heterocycles. The van der Waals surface area contributed by atoms with Crippen LogP contribution >= 0.6 is 0 Å². The second-order valence-electron chi connectivity index (χ2n) is 7.23. The Bertz CT molecular complexity index is 259. The highest BCUT2D eigenvalue weighted by Gasteiger charge is 2.27. The molecule has 0 amide bonds. The van der Waals surface area contributed by atoms with Crippen molar-refractivity contribution in [3.63, 3.8) is 0 Å². The standard InChI is InChI=1S/C18H32/c1-14(2)17-10-8-16(9-11-17)7-5-4-6-15(3)18-12-13-18/h8,10,14-18H,4-7,9,11-13H2,1-3H3. The molecule has 18 heavy (non-hydrogen) atoms. The van der Waals surface area contributed by atoms with Crippen molar-refractivity contribution in [1.82, 2.24) is 0 Å². The summed E-state index contributed by atoms with van der Waals surface area (Å²) >= 11 is 0. The molecule has 3 atom stereocenters. The minimum atomic E-state index is 0.835. The summed E-state index contributed by atoms with van der Waals surface area (Å²) in [5.41, 5.74) is 0. The van der Waals surface area contributed by atoms with E-state index in [1.54, 1.807) is 0 Å². The molecule has 2 rings (SSSR count). The molecule has 0 radical (unpaired) electrons. The van der Waals surface area contributed by atoms with Crippen LogP contribution in [0.25, 0.3) is 0 Å². The zero-order chi connectivity index (χ0) is 13.0. The molecule has 104 valence electrons. The molecule has 0 nitrogen and oxygen atoms in total. The van der Waals surface area contributed by atoms with Gasteiger partial charge >= 0.3 is 0 Å². The van der Waals surface area contributed by atoms with Crippen molar-refractivity contribution in [3.05, 3.63) is 12.2 Å². The molecule has 3 unspecified atom stereocenters. The molecule has 0 N–H and O–H groups in total. The summed E-state index contributed by atoms with van der Waals surface area (Å²) in [5.74, 6) is 4.71. The highest BCUT2D eigenvalue weighted by Crippen LogP contribution is 2.39. The second kappa shape index (κ2) is 6.78. The van der Waals surface area contributed by atoms with Gasteiger partial charge in [0.05, 0.1) is 0 Å². The topological polar surface area (TPSA) is 0 Å². The van der Waals surface area contributed by atoms with Gasteiger partial charge in [0.1, 0.15) is 0 Å². The van der Waals surface area contributed by atoms with E-state index >= 15 is 0 Å². The lowest BCUT2D eigenvalue weighted by atomic mass is 9.81. The van der Waals surface area contributed by atoms with Gasteiger partial charge in [0.2, 0.25) is 0 Å². The zero-order valence-electron chi connectivity index (χ0n) is 12.7. The maximum Gasteiger partial charge on any atom is -0.0210 e. The van der Waals surface area contributed by atoms with Gasteiger partial charge < -0.3 is 0 Å². The van der Waals surface area contributed by atoms with Gasteiger partial charge in [0.15, 0.2) is 0 Å². The van der Waals surface area contributed by atoms with E-state index in [1.165, 1.54) is 51.4 Å². The largest absolute Gasteiger partial charge is 0.0851 e. The first kappa shape index (κ1) is 14.2. The highest BCUT2D eigenvalue weighted by atomic mass is 14.3. The Labute approximate surface area is 114 Å². The van der Waals surface area contributed by atoms with Crippen LogP contribution in [0.1, 0.15) is 72.1 Å². The maximum absolute atomic E-state index is 2.53. The van der Waals surface area contributed by atoms with Gasteiger partial charge in [0.25, 0.3) is 0 Å². The molecule has 0 heteroatoms. The number of rotatable bonds is 7. The van der Waals surface area contributed by atoms with Crippen LogP contribution in [0.3, 0.4) is 0 Å². The van der Waals surface area contributed by atoms with E-state index in [0.717, 1.165) is 29.6 Å². The fraction of sp³-hybridized carbons (Fsp3) is 0.889. The molecular formula is C18H32. The van der Waals surface area contributed by atoms with Gasteiger partial charge in [-0.3, -0.25) is 0 Å². The van der Waals surface area contributed by atoms with Gasteiger partial charge in [-0.1, -0.05) is 52.2 Å². The Morgan fingerprint density at radius 1 is 0.944 bits per heavy atom. The molecule has 0 saturated heterocycles. The van der Waals surface area contributed by atoms with Crippen LogP contribution in [0.2, 0.25) is 0 Å². The summed E-state index contributed by atoms with van der Waals surface area (Å²) in [5, 5.41) is 0. The van der Waals surface area contributed by atoms with Crippen molar-refractivity contribution < 1.29 is 0 Å². The van der Waals surface area contributed by atoms with Crippen molar-refractivity contribution in [1.29, 1.82) is 0 Å². The number of allylic oxidation sites excluding steroid dienone is 2. The van der Waals surface area contributed by atoms with E-state index in [0.29, 0.717) is 0 Å². The summed E-state index contributed by atoms with van der Waals surface area (Å²) in [6.07, 6.45) is 16.8. The van der Waals surface area contributed by atoms with E-state index < -0.39 is 0 Å². The van der Waals surface area contributed by atoms with Gasteiger partial charge in [0, 0.05) is 0 Å². The third-order valence-corrected chi connectivity index (χ3v) is 5.27. The van der Waals surface area contributed by atoms with Gasteiger partial charge in [-0.2, -0.15) is 0 Å². The van der Waals surface area contributed by atoms with E-state index in [9.17, 15) is 0 Å². The summed E-state index contributed by atoms with van der Waals surface area (Å²) in [4.78, 5) is 0. The van der Waals surface area contributed by atoms with E-state index in [-0.39, 0.29) is 0 Å². The Balaban J connectivity index is 1.55. The smallest absolute Gasteiger partial charge is 0.0210 e. The van der Waals surface area contributed by atoms with Gasteiger partial charge in [-0.15, -0.1) is 0 Å². The van der Waals surface area contributed by atoms with Crippen molar-refractivity contribution in [3.8, 4) is 0 Å². The SMILES string of the molecule is CC(C)C1C=CC(CCCCC(C)C2CC2)CC1. The molecule has 0 aromatic rings. The quantitative estimate of drug-likeness (QED) is 0.393. The van der Waals surface area contributed by atoms with Crippen LogP contribution in [0.4, 0.5) is 0 Å². The average Bonchev–Trinajstić information content (AvgIpc) is 3.19. The fourth-order valence-electron chi connectivity index (χ4n) is 3.47. The molecule has 1 saturated carbocycles. The Morgan fingerprint density at radius 3 is 2.28 bits per heavy atom. The van der Waals surface area contributed by atoms with Crippen LogP contribution in [0.5, 0.6) is 0 Å². The molecule has 0 bridgehead atoms. The zero-order valence-corrected chi connectivity index (χ0v) is 12.7. The number of hydrogen-bond acceptors (Lipinski definition) is 0. The molecule has 1 fully saturated rings. The molecule has 0 heterocycles. The summed E-state index contributed by atoms with van der Waals surface area (Å²) in [6.45, 7) is 7.18. The van der Waals surface area contributed by atoms with Crippen molar-refractivity contribution >= 4 is 0 Å². The Morgan fingerprint density at radius 2 is 1.72 bits per heavy atom. The van der Waals surface area contributed by atoms with Crippen LogP contribution in [0, 0.1) is 29.6 Å². The van der Waals surface area contributed by atoms with Crippen molar-refractivity contribution in [2.75, 3.05) is 0 Å². The first-order valence-electron chi connectivity index (χ1n) is 8.35. The minimum absolute atomic E-state index is 0.835. The molecular weight excluding hydrogens is 216 g/mol. The van der Waals surface area contributed by atoms with Crippen LogP contribution < -0.4 is 0 Å².